The van der Waals surface area contributed by atoms with Gasteiger partial charge in [-0.2, -0.15) is 5.26 Å². The fraction of sp³-hybridized carbons (Fsp3) is 0.467. The lowest BCUT2D eigenvalue weighted by Gasteiger charge is -2.21. The van der Waals surface area contributed by atoms with Gasteiger partial charge in [0.2, 0.25) is 0 Å². The average molecular weight is 273 g/mol. The molecule has 0 spiro atoms. The number of amides is 1. The van der Waals surface area contributed by atoms with E-state index in [0.717, 1.165) is 18.7 Å². The number of nitrogens with zero attached hydrogens (tertiary/aromatic N) is 2. The zero-order valence-corrected chi connectivity index (χ0v) is 11.7. The van der Waals surface area contributed by atoms with Crippen LogP contribution < -0.4 is 5.32 Å². The Kier molecular flexibility index (Phi) is 4.97. The van der Waals surface area contributed by atoms with E-state index >= 15 is 0 Å². The van der Waals surface area contributed by atoms with Crippen LogP contribution in [0.1, 0.15) is 22.3 Å². The highest BCUT2D eigenvalue weighted by atomic mass is 16.5. The van der Waals surface area contributed by atoms with Crippen LogP contribution in [0.4, 0.5) is 5.69 Å². The molecular weight excluding hydrogens is 254 g/mol. The van der Waals surface area contributed by atoms with E-state index in [9.17, 15) is 4.79 Å². The van der Waals surface area contributed by atoms with Crippen molar-refractivity contribution in [1.82, 2.24) is 4.90 Å². The molecule has 1 N–H and O–H groups in total. The average Bonchev–Trinajstić information content (AvgIpc) is 2.94. The maximum absolute atomic E-state index is 12.5. The summed E-state index contributed by atoms with van der Waals surface area (Å²) in [6.07, 6.45) is 1.29. The van der Waals surface area contributed by atoms with Gasteiger partial charge in [-0.1, -0.05) is 0 Å². The van der Waals surface area contributed by atoms with Gasteiger partial charge >= 0.3 is 0 Å². The molecule has 0 bridgehead atoms. The van der Waals surface area contributed by atoms with Crippen LogP contribution >= 0.6 is 0 Å². The highest BCUT2D eigenvalue weighted by molar-refractivity contribution is 5.95. The predicted octanol–water partition coefficient (Wildman–Crippen LogP) is 1.66. The van der Waals surface area contributed by atoms with Gasteiger partial charge in [0.1, 0.15) is 0 Å². The van der Waals surface area contributed by atoms with Crippen molar-refractivity contribution in [3.05, 3.63) is 29.3 Å². The quantitative estimate of drug-likeness (QED) is 0.856. The summed E-state index contributed by atoms with van der Waals surface area (Å²) in [6.45, 7) is 2.35. The third kappa shape index (κ3) is 3.28. The van der Waals surface area contributed by atoms with Gasteiger partial charge < -0.3 is 15.0 Å². The summed E-state index contributed by atoms with van der Waals surface area (Å²) in [5.41, 5.74) is 2.98. The molecule has 0 fully saturated rings. The van der Waals surface area contributed by atoms with E-state index < -0.39 is 0 Å². The molecule has 5 nitrogen and oxygen atoms in total. The first-order valence-electron chi connectivity index (χ1n) is 6.78. The van der Waals surface area contributed by atoms with Crippen LogP contribution in [0, 0.1) is 11.3 Å². The Bertz CT molecular complexity index is 522. The molecule has 0 aliphatic carbocycles. The highest BCUT2D eigenvalue weighted by Gasteiger charge is 2.18. The number of benzene rings is 1. The summed E-state index contributed by atoms with van der Waals surface area (Å²) in [4.78, 5) is 14.2. The maximum atomic E-state index is 12.5. The molecule has 0 aromatic heterocycles. The van der Waals surface area contributed by atoms with Gasteiger partial charge in [0.25, 0.3) is 5.91 Å². The van der Waals surface area contributed by atoms with Crippen molar-refractivity contribution in [2.45, 2.75) is 12.8 Å². The summed E-state index contributed by atoms with van der Waals surface area (Å²) in [5.74, 6) is -0.0352. The van der Waals surface area contributed by atoms with Gasteiger partial charge in [-0.05, 0) is 30.2 Å². The maximum Gasteiger partial charge on any atom is 0.253 e. The molecule has 1 heterocycles. The van der Waals surface area contributed by atoms with Crippen LogP contribution in [0.5, 0.6) is 0 Å². The molecule has 1 aromatic carbocycles. The van der Waals surface area contributed by atoms with Gasteiger partial charge in [-0.15, -0.1) is 0 Å². The van der Waals surface area contributed by atoms with E-state index in [1.807, 2.05) is 18.2 Å². The summed E-state index contributed by atoms with van der Waals surface area (Å²) >= 11 is 0. The van der Waals surface area contributed by atoms with Crippen molar-refractivity contribution < 1.29 is 9.53 Å². The number of nitriles is 1. The molecular formula is C15H19N3O2. The van der Waals surface area contributed by atoms with Gasteiger partial charge in [0.05, 0.1) is 19.1 Å². The van der Waals surface area contributed by atoms with Crippen molar-refractivity contribution in [1.29, 1.82) is 5.26 Å². The summed E-state index contributed by atoms with van der Waals surface area (Å²) < 4.78 is 5.03. The van der Waals surface area contributed by atoms with Gasteiger partial charge in [0, 0.05) is 38.0 Å². The first-order valence-corrected chi connectivity index (χ1v) is 6.78. The van der Waals surface area contributed by atoms with E-state index in [-0.39, 0.29) is 5.91 Å². The Hall–Kier alpha value is -2.06. The molecule has 20 heavy (non-hydrogen) atoms. The molecule has 0 radical (unpaired) electrons. The second kappa shape index (κ2) is 6.92. The van der Waals surface area contributed by atoms with Crippen LogP contribution in [0.2, 0.25) is 0 Å². The zero-order chi connectivity index (χ0) is 14.4. The molecule has 1 aromatic rings. The minimum Gasteiger partial charge on any atom is -0.384 e. The molecule has 0 saturated heterocycles. The molecule has 0 saturated carbocycles. The second-order valence-corrected chi connectivity index (χ2v) is 4.74. The number of carbonyl (C=O) groups is 1. The summed E-state index contributed by atoms with van der Waals surface area (Å²) in [7, 11) is 1.61. The van der Waals surface area contributed by atoms with Crippen molar-refractivity contribution in [2.75, 3.05) is 38.7 Å². The number of ether oxygens (including phenoxy) is 1. The SMILES string of the molecule is COCCN(CCC#N)C(=O)c1ccc2c(c1)CCN2. The van der Waals surface area contributed by atoms with E-state index in [0.29, 0.717) is 31.7 Å². The molecule has 5 heteroatoms. The van der Waals surface area contributed by atoms with E-state index in [1.165, 1.54) is 5.56 Å². The normalized spacial score (nSPS) is 12.4. The third-order valence-corrected chi connectivity index (χ3v) is 3.41. The van der Waals surface area contributed by atoms with Gasteiger partial charge in [-0.3, -0.25) is 4.79 Å². The van der Waals surface area contributed by atoms with Crippen LogP contribution in [0.25, 0.3) is 0 Å². The van der Waals surface area contributed by atoms with E-state index in [4.69, 9.17) is 10.00 Å². The molecule has 0 atom stereocenters. The topological polar surface area (TPSA) is 65.4 Å². The summed E-state index contributed by atoms with van der Waals surface area (Å²) in [5, 5.41) is 12.0. The Labute approximate surface area is 119 Å². The predicted molar refractivity (Wildman–Crippen MR) is 76.6 cm³/mol. The van der Waals surface area contributed by atoms with Gasteiger partial charge in [0.15, 0.2) is 0 Å². The molecule has 106 valence electrons. The van der Waals surface area contributed by atoms with Crippen molar-refractivity contribution >= 4 is 11.6 Å². The number of carbonyl (C=O) groups excluding carboxylic acids is 1. The Morgan fingerprint density at radius 2 is 2.35 bits per heavy atom. The minimum absolute atomic E-state index is 0.0352. The van der Waals surface area contributed by atoms with Crippen LogP contribution in [0.3, 0.4) is 0 Å². The zero-order valence-electron chi connectivity index (χ0n) is 11.7. The van der Waals surface area contributed by atoms with Crippen molar-refractivity contribution in [3.8, 4) is 6.07 Å². The Balaban J connectivity index is 2.11. The molecule has 2 rings (SSSR count). The number of hydrogen-bond donors (Lipinski definition) is 1. The first-order chi connectivity index (χ1) is 9.76. The molecule has 1 aliphatic rings. The van der Waals surface area contributed by atoms with Crippen molar-refractivity contribution in [2.24, 2.45) is 0 Å². The second-order valence-electron chi connectivity index (χ2n) is 4.74. The number of nitrogens with one attached hydrogen (secondary N) is 1. The lowest BCUT2D eigenvalue weighted by molar-refractivity contribution is 0.0700. The van der Waals surface area contributed by atoms with Crippen LogP contribution in [-0.2, 0) is 11.2 Å². The lowest BCUT2D eigenvalue weighted by atomic mass is 10.1. The highest BCUT2D eigenvalue weighted by Crippen LogP contribution is 2.23. The third-order valence-electron chi connectivity index (χ3n) is 3.41. The van der Waals surface area contributed by atoms with Crippen LogP contribution in [-0.4, -0.2) is 44.2 Å². The largest absolute Gasteiger partial charge is 0.384 e. The van der Waals surface area contributed by atoms with Gasteiger partial charge in [-0.25, -0.2) is 0 Å². The van der Waals surface area contributed by atoms with Crippen LogP contribution in [0.15, 0.2) is 18.2 Å². The van der Waals surface area contributed by atoms with Crippen molar-refractivity contribution in [3.63, 3.8) is 0 Å². The number of hydrogen-bond acceptors (Lipinski definition) is 4. The number of methoxy groups -OCH3 is 1. The number of anilines is 1. The fourth-order valence-electron chi connectivity index (χ4n) is 2.32. The Morgan fingerprint density at radius 1 is 1.50 bits per heavy atom. The lowest BCUT2D eigenvalue weighted by Crippen LogP contribution is -2.34. The smallest absolute Gasteiger partial charge is 0.253 e. The fourth-order valence-corrected chi connectivity index (χ4v) is 2.32. The first kappa shape index (κ1) is 14.4. The summed E-state index contributed by atoms with van der Waals surface area (Å²) in [6, 6.07) is 7.82. The molecule has 1 amide bonds. The molecule has 1 aliphatic heterocycles. The Morgan fingerprint density at radius 3 is 3.10 bits per heavy atom. The van der Waals surface area contributed by atoms with E-state index in [1.54, 1.807) is 12.0 Å². The number of rotatable bonds is 6. The number of fused-ring (bicyclic) bond motifs is 1. The minimum atomic E-state index is -0.0352. The monoisotopic (exact) mass is 273 g/mol. The molecule has 0 unspecified atom stereocenters. The van der Waals surface area contributed by atoms with E-state index in [2.05, 4.69) is 11.4 Å². The standard InChI is InChI=1S/C15H19N3O2/c1-20-10-9-18(8-2-6-16)15(19)13-3-4-14-12(11-13)5-7-17-14/h3-4,11,17H,2,5,7-10H2,1H3.